The molecule has 0 aliphatic carbocycles. The van der Waals surface area contributed by atoms with Gasteiger partial charge in [-0.2, -0.15) is 8.42 Å². The first-order valence-electron chi connectivity index (χ1n) is 5.65. The molecule has 0 spiro atoms. The van der Waals surface area contributed by atoms with Crippen molar-refractivity contribution in [2.75, 3.05) is 4.72 Å². The minimum Gasteiger partial charge on any atom is -0.278 e. The number of rotatable bonds is 3. The first-order chi connectivity index (χ1) is 9.88. The molecule has 0 amide bonds. The Morgan fingerprint density at radius 1 is 1.38 bits per heavy atom. The zero-order chi connectivity index (χ0) is 15.2. The average Bonchev–Trinajstić information content (AvgIpc) is 2.91. The standard InChI is InChI=1S/C11H8BrClN4O2S2/c1-6-7(2-3-8(12)14-6)16-21(18,19)10-9(13)15-11-17(10)4-5-20-11/h2-5,16H,1H3. The molecule has 6 nitrogen and oxygen atoms in total. The fourth-order valence-corrected chi connectivity index (χ4v) is 4.78. The minimum atomic E-state index is -3.86. The number of nitrogens with zero attached hydrogens (tertiary/aromatic N) is 3. The molecule has 0 aliphatic heterocycles. The van der Waals surface area contributed by atoms with Crippen LogP contribution in [0.25, 0.3) is 4.96 Å². The van der Waals surface area contributed by atoms with Crippen LogP contribution in [-0.2, 0) is 10.0 Å². The van der Waals surface area contributed by atoms with E-state index in [1.54, 1.807) is 30.6 Å². The van der Waals surface area contributed by atoms with Crippen molar-refractivity contribution in [1.82, 2.24) is 14.4 Å². The van der Waals surface area contributed by atoms with E-state index in [2.05, 4.69) is 30.6 Å². The molecule has 10 heteroatoms. The van der Waals surface area contributed by atoms with Crippen LogP contribution in [0.2, 0.25) is 5.15 Å². The number of thiazole rings is 1. The second-order valence-electron chi connectivity index (χ2n) is 4.14. The van der Waals surface area contributed by atoms with Gasteiger partial charge in [-0.25, -0.2) is 9.97 Å². The lowest BCUT2D eigenvalue weighted by Crippen LogP contribution is -2.16. The van der Waals surface area contributed by atoms with E-state index in [9.17, 15) is 8.42 Å². The van der Waals surface area contributed by atoms with Crippen LogP contribution in [0, 0.1) is 6.92 Å². The largest absolute Gasteiger partial charge is 0.281 e. The normalized spacial score (nSPS) is 12.0. The Hall–Kier alpha value is -1.16. The molecule has 0 bridgehead atoms. The maximum Gasteiger partial charge on any atom is 0.281 e. The van der Waals surface area contributed by atoms with Crippen LogP contribution < -0.4 is 4.72 Å². The number of anilines is 1. The van der Waals surface area contributed by atoms with Crippen LogP contribution in [0.4, 0.5) is 5.69 Å². The number of imidazole rings is 1. The highest BCUT2D eigenvalue weighted by Gasteiger charge is 2.25. The number of pyridine rings is 1. The lowest BCUT2D eigenvalue weighted by atomic mass is 10.3. The van der Waals surface area contributed by atoms with E-state index in [1.165, 1.54) is 15.7 Å². The summed E-state index contributed by atoms with van der Waals surface area (Å²) in [5.74, 6) is 0. The summed E-state index contributed by atoms with van der Waals surface area (Å²) in [5.41, 5.74) is 0.939. The topological polar surface area (TPSA) is 76.4 Å². The predicted octanol–water partition coefficient (Wildman–Crippen LogP) is 3.32. The van der Waals surface area contributed by atoms with E-state index in [0.29, 0.717) is 20.9 Å². The van der Waals surface area contributed by atoms with E-state index in [0.717, 1.165) is 0 Å². The Labute approximate surface area is 138 Å². The number of hydrogen-bond donors (Lipinski definition) is 1. The molecule has 0 saturated carbocycles. The zero-order valence-corrected chi connectivity index (χ0v) is 14.5. The third-order valence-electron chi connectivity index (χ3n) is 2.73. The fourth-order valence-electron chi connectivity index (χ4n) is 1.81. The van der Waals surface area contributed by atoms with Crippen molar-refractivity contribution in [3.8, 4) is 0 Å². The smallest absolute Gasteiger partial charge is 0.278 e. The van der Waals surface area contributed by atoms with Gasteiger partial charge in [-0.3, -0.25) is 9.12 Å². The number of aromatic nitrogens is 3. The molecule has 3 rings (SSSR count). The van der Waals surface area contributed by atoms with E-state index in [1.807, 2.05) is 0 Å². The van der Waals surface area contributed by atoms with Crippen molar-refractivity contribution in [2.45, 2.75) is 11.9 Å². The van der Waals surface area contributed by atoms with Crippen LogP contribution in [0.3, 0.4) is 0 Å². The van der Waals surface area contributed by atoms with Gasteiger partial charge in [0.15, 0.2) is 15.1 Å². The summed E-state index contributed by atoms with van der Waals surface area (Å²) in [7, 11) is -3.86. The highest BCUT2D eigenvalue weighted by molar-refractivity contribution is 9.10. The van der Waals surface area contributed by atoms with Gasteiger partial charge in [0.25, 0.3) is 10.0 Å². The molecule has 21 heavy (non-hydrogen) atoms. The molecular weight excluding hydrogens is 400 g/mol. The van der Waals surface area contributed by atoms with Crippen molar-refractivity contribution < 1.29 is 8.42 Å². The highest BCUT2D eigenvalue weighted by atomic mass is 79.9. The number of fused-ring (bicyclic) bond motifs is 1. The molecule has 3 heterocycles. The quantitative estimate of drug-likeness (QED) is 0.676. The minimum absolute atomic E-state index is 0.0583. The SMILES string of the molecule is Cc1nc(Br)ccc1NS(=O)(=O)c1c(Cl)nc2sccn12. The highest BCUT2D eigenvalue weighted by Crippen LogP contribution is 2.28. The summed E-state index contributed by atoms with van der Waals surface area (Å²) in [6.45, 7) is 1.71. The monoisotopic (exact) mass is 406 g/mol. The van der Waals surface area contributed by atoms with E-state index in [-0.39, 0.29) is 10.2 Å². The predicted molar refractivity (Wildman–Crippen MR) is 85.6 cm³/mol. The molecule has 0 atom stereocenters. The van der Waals surface area contributed by atoms with Gasteiger partial charge >= 0.3 is 0 Å². The first kappa shape index (κ1) is 14.8. The van der Waals surface area contributed by atoms with E-state index < -0.39 is 10.0 Å². The third-order valence-corrected chi connectivity index (χ3v) is 5.69. The molecule has 3 aromatic rings. The van der Waals surface area contributed by atoms with Crippen molar-refractivity contribution in [1.29, 1.82) is 0 Å². The maximum absolute atomic E-state index is 12.5. The summed E-state index contributed by atoms with van der Waals surface area (Å²) in [4.78, 5) is 8.69. The third kappa shape index (κ3) is 2.66. The lowest BCUT2D eigenvalue weighted by Gasteiger charge is -2.09. The number of nitrogens with one attached hydrogen (secondary N) is 1. The van der Waals surface area contributed by atoms with Crippen molar-refractivity contribution in [3.63, 3.8) is 0 Å². The Bertz CT molecular complexity index is 935. The molecule has 0 saturated heterocycles. The fraction of sp³-hybridized carbons (Fsp3) is 0.0909. The van der Waals surface area contributed by atoms with Crippen molar-refractivity contribution in [3.05, 3.63) is 39.2 Å². The van der Waals surface area contributed by atoms with Gasteiger partial charge in [0.05, 0.1) is 11.4 Å². The molecule has 1 N–H and O–H groups in total. The number of hydrogen-bond acceptors (Lipinski definition) is 5. The first-order valence-corrected chi connectivity index (χ1v) is 9.19. The van der Waals surface area contributed by atoms with Crippen LogP contribution in [0.15, 0.2) is 33.3 Å². The molecule has 0 fully saturated rings. The van der Waals surface area contributed by atoms with Gasteiger partial charge in [-0.15, -0.1) is 11.3 Å². The molecule has 3 aromatic heterocycles. The second-order valence-corrected chi connectivity index (χ2v) is 7.78. The molecule has 0 aliphatic rings. The van der Waals surface area contributed by atoms with Gasteiger partial charge in [0.2, 0.25) is 0 Å². The van der Waals surface area contributed by atoms with Crippen LogP contribution in [-0.4, -0.2) is 22.8 Å². The Morgan fingerprint density at radius 3 is 2.86 bits per heavy atom. The van der Waals surface area contributed by atoms with Crippen LogP contribution >= 0.6 is 38.9 Å². The van der Waals surface area contributed by atoms with Gasteiger partial charge < -0.3 is 0 Å². The summed E-state index contributed by atoms with van der Waals surface area (Å²) in [6.07, 6.45) is 1.61. The number of halogens is 2. The van der Waals surface area contributed by atoms with Crippen molar-refractivity contribution in [2.24, 2.45) is 0 Å². The molecule has 0 radical (unpaired) electrons. The van der Waals surface area contributed by atoms with Crippen LogP contribution in [0.5, 0.6) is 0 Å². The van der Waals surface area contributed by atoms with Gasteiger partial charge in [0.1, 0.15) is 4.60 Å². The summed E-state index contributed by atoms with van der Waals surface area (Å²) >= 11 is 10.5. The lowest BCUT2D eigenvalue weighted by molar-refractivity contribution is 0.596. The maximum atomic E-state index is 12.5. The van der Waals surface area contributed by atoms with Crippen LogP contribution in [0.1, 0.15) is 5.69 Å². The van der Waals surface area contributed by atoms with E-state index in [4.69, 9.17) is 11.6 Å². The van der Waals surface area contributed by atoms with Gasteiger partial charge in [-0.05, 0) is 35.0 Å². The molecule has 110 valence electrons. The Balaban J connectivity index is 2.08. The summed E-state index contributed by atoms with van der Waals surface area (Å²) < 4.78 is 29.6. The van der Waals surface area contributed by atoms with Crippen molar-refractivity contribution >= 4 is 59.5 Å². The zero-order valence-electron chi connectivity index (χ0n) is 10.5. The molecule has 0 unspecified atom stereocenters. The summed E-state index contributed by atoms with van der Waals surface area (Å²) in [6, 6.07) is 3.28. The Kier molecular flexibility index (Phi) is 3.68. The second kappa shape index (κ2) is 5.24. The summed E-state index contributed by atoms with van der Waals surface area (Å²) in [5, 5.41) is 1.60. The van der Waals surface area contributed by atoms with E-state index >= 15 is 0 Å². The number of sulfonamides is 1. The average molecular weight is 408 g/mol. The Morgan fingerprint density at radius 2 is 2.14 bits per heavy atom. The van der Waals surface area contributed by atoms with Gasteiger partial charge in [-0.1, -0.05) is 11.6 Å². The number of aryl methyl sites for hydroxylation is 1. The van der Waals surface area contributed by atoms with Gasteiger partial charge in [0, 0.05) is 11.6 Å². The molecular formula is C11H8BrClN4O2S2. The molecule has 0 aromatic carbocycles.